The quantitative estimate of drug-likeness (QED) is 0.640. The van der Waals surface area contributed by atoms with Gasteiger partial charge in [-0.1, -0.05) is 13.3 Å². The van der Waals surface area contributed by atoms with E-state index in [0.717, 1.165) is 47.9 Å². The minimum Gasteiger partial charge on any atom is -0.495 e. The standard InChI is InChI=1S/C18H20N2O2/c1-3-4-11-22-15-7-5-14(6-8-15)17-13-20-12-16(21-2)9-10-18(20)19-17/h5-10,12-13H,3-4,11H2,1-2H3. The van der Waals surface area contributed by atoms with Gasteiger partial charge in [0.05, 0.1) is 25.6 Å². The van der Waals surface area contributed by atoms with Crippen LogP contribution >= 0.6 is 0 Å². The van der Waals surface area contributed by atoms with Crippen LogP contribution in [0.2, 0.25) is 0 Å². The average molecular weight is 296 g/mol. The highest BCUT2D eigenvalue weighted by Crippen LogP contribution is 2.23. The summed E-state index contributed by atoms with van der Waals surface area (Å²) in [5.74, 6) is 1.72. The van der Waals surface area contributed by atoms with Gasteiger partial charge in [-0.25, -0.2) is 4.98 Å². The van der Waals surface area contributed by atoms with Crippen LogP contribution in [0, 0.1) is 0 Å². The first-order valence-corrected chi connectivity index (χ1v) is 7.56. The Morgan fingerprint density at radius 3 is 2.50 bits per heavy atom. The number of nitrogens with zero attached hydrogens (tertiary/aromatic N) is 2. The summed E-state index contributed by atoms with van der Waals surface area (Å²) in [5, 5.41) is 0. The lowest BCUT2D eigenvalue weighted by Crippen LogP contribution is -1.95. The van der Waals surface area contributed by atoms with Gasteiger partial charge >= 0.3 is 0 Å². The molecule has 0 aliphatic carbocycles. The third-order valence-corrected chi connectivity index (χ3v) is 3.58. The minimum atomic E-state index is 0.768. The molecule has 4 nitrogen and oxygen atoms in total. The van der Waals surface area contributed by atoms with Gasteiger partial charge in [-0.2, -0.15) is 0 Å². The molecule has 0 unspecified atom stereocenters. The molecule has 114 valence electrons. The van der Waals surface area contributed by atoms with Crippen molar-refractivity contribution in [2.24, 2.45) is 0 Å². The molecule has 0 aliphatic rings. The predicted octanol–water partition coefficient (Wildman–Crippen LogP) is 4.19. The first-order chi connectivity index (χ1) is 10.8. The number of imidazole rings is 1. The maximum absolute atomic E-state index is 5.68. The smallest absolute Gasteiger partial charge is 0.137 e. The molecule has 1 aromatic carbocycles. The zero-order valence-corrected chi connectivity index (χ0v) is 13.0. The number of fused-ring (bicyclic) bond motifs is 1. The van der Waals surface area contributed by atoms with E-state index in [9.17, 15) is 0 Å². The monoisotopic (exact) mass is 296 g/mol. The van der Waals surface area contributed by atoms with Gasteiger partial charge < -0.3 is 13.9 Å². The van der Waals surface area contributed by atoms with Crippen molar-refractivity contribution in [2.45, 2.75) is 19.8 Å². The van der Waals surface area contributed by atoms with Gasteiger partial charge in [-0.05, 0) is 42.8 Å². The van der Waals surface area contributed by atoms with Gasteiger partial charge in [-0.15, -0.1) is 0 Å². The number of unbranched alkanes of at least 4 members (excludes halogenated alkanes) is 1. The van der Waals surface area contributed by atoms with Gasteiger partial charge in [0.15, 0.2) is 0 Å². The molecule has 0 spiro atoms. The van der Waals surface area contributed by atoms with Crippen molar-refractivity contribution < 1.29 is 9.47 Å². The maximum Gasteiger partial charge on any atom is 0.137 e. The Bertz CT molecular complexity index is 747. The largest absolute Gasteiger partial charge is 0.495 e. The Balaban J connectivity index is 1.81. The second-order valence-electron chi connectivity index (χ2n) is 5.19. The van der Waals surface area contributed by atoms with Crippen molar-refractivity contribution >= 4 is 5.65 Å². The average Bonchev–Trinajstić information content (AvgIpc) is 2.98. The molecule has 0 saturated heterocycles. The van der Waals surface area contributed by atoms with Crippen LogP contribution in [0.25, 0.3) is 16.9 Å². The van der Waals surface area contributed by atoms with Crippen LogP contribution in [-0.2, 0) is 0 Å². The van der Waals surface area contributed by atoms with E-state index < -0.39 is 0 Å². The van der Waals surface area contributed by atoms with E-state index in [1.54, 1.807) is 7.11 Å². The first-order valence-electron chi connectivity index (χ1n) is 7.56. The normalized spacial score (nSPS) is 10.8. The number of pyridine rings is 1. The van der Waals surface area contributed by atoms with E-state index in [2.05, 4.69) is 11.9 Å². The molecular weight excluding hydrogens is 276 g/mol. The topological polar surface area (TPSA) is 35.8 Å². The Labute approximate surface area is 130 Å². The summed E-state index contributed by atoms with van der Waals surface area (Å²) < 4.78 is 12.9. The fraction of sp³-hybridized carbons (Fsp3) is 0.278. The Morgan fingerprint density at radius 1 is 1.00 bits per heavy atom. The Kier molecular flexibility index (Phi) is 4.28. The van der Waals surface area contributed by atoms with Crippen LogP contribution < -0.4 is 9.47 Å². The SMILES string of the molecule is CCCCOc1ccc(-c2cn3cc(OC)ccc3n2)cc1. The van der Waals surface area contributed by atoms with E-state index in [4.69, 9.17) is 9.47 Å². The number of aromatic nitrogens is 2. The fourth-order valence-corrected chi connectivity index (χ4v) is 2.29. The highest BCUT2D eigenvalue weighted by Gasteiger charge is 2.05. The van der Waals surface area contributed by atoms with Gasteiger partial charge in [0.1, 0.15) is 17.1 Å². The summed E-state index contributed by atoms with van der Waals surface area (Å²) in [5.41, 5.74) is 2.91. The third kappa shape index (κ3) is 3.06. The van der Waals surface area contributed by atoms with Gasteiger partial charge in [0.2, 0.25) is 0 Å². The molecule has 3 aromatic rings. The zero-order chi connectivity index (χ0) is 15.4. The number of ether oxygens (including phenoxy) is 2. The molecule has 0 aliphatic heterocycles. The molecule has 0 N–H and O–H groups in total. The van der Waals surface area contributed by atoms with E-state index >= 15 is 0 Å². The third-order valence-electron chi connectivity index (χ3n) is 3.58. The van der Waals surface area contributed by atoms with Crippen LogP contribution in [0.1, 0.15) is 19.8 Å². The summed E-state index contributed by atoms with van der Waals surface area (Å²) in [7, 11) is 1.66. The molecular formula is C18H20N2O2. The highest BCUT2D eigenvalue weighted by molar-refractivity contribution is 5.63. The molecule has 3 rings (SSSR count). The number of methoxy groups -OCH3 is 1. The van der Waals surface area contributed by atoms with Crippen molar-refractivity contribution in [1.82, 2.24) is 9.38 Å². The van der Waals surface area contributed by atoms with Crippen LogP contribution in [0.3, 0.4) is 0 Å². The van der Waals surface area contributed by atoms with Crippen LogP contribution in [0.4, 0.5) is 0 Å². The fourth-order valence-electron chi connectivity index (χ4n) is 2.29. The van der Waals surface area contributed by atoms with Crippen molar-refractivity contribution in [3.63, 3.8) is 0 Å². The van der Waals surface area contributed by atoms with E-state index in [1.807, 2.05) is 53.2 Å². The molecule has 2 aromatic heterocycles. The molecule has 2 heterocycles. The lowest BCUT2D eigenvalue weighted by Gasteiger charge is -2.05. The van der Waals surface area contributed by atoms with Crippen molar-refractivity contribution in [3.05, 3.63) is 48.8 Å². The number of hydrogen-bond acceptors (Lipinski definition) is 3. The van der Waals surface area contributed by atoms with Gasteiger partial charge in [0.25, 0.3) is 0 Å². The van der Waals surface area contributed by atoms with Crippen molar-refractivity contribution in [2.75, 3.05) is 13.7 Å². The van der Waals surface area contributed by atoms with Crippen molar-refractivity contribution in [1.29, 1.82) is 0 Å². The summed E-state index contributed by atoms with van der Waals surface area (Å²) >= 11 is 0. The molecule has 4 heteroatoms. The van der Waals surface area contributed by atoms with E-state index in [0.29, 0.717) is 0 Å². The predicted molar refractivity (Wildman–Crippen MR) is 87.6 cm³/mol. The molecule has 22 heavy (non-hydrogen) atoms. The Hall–Kier alpha value is -2.49. The summed E-state index contributed by atoms with van der Waals surface area (Å²) in [6, 6.07) is 11.9. The zero-order valence-electron chi connectivity index (χ0n) is 13.0. The molecule has 0 amide bonds. The van der Waals surface area contributed by atoms with Crippen LogP contribution in [0.15, 0.2) is 48.8 Å². The second-order valence-corrected chi connectivity index (χ2v) is 5.19. The van der Waals surface area contributed by atoms with Crippen LogP contribution in [0.5, 0.6) is 11.5 Å². The molecule has 0 fully saturated rings. The lowest BCUT2D eigenvalue weighted by atomic mass is 10.2. The van der Waals surface area contributed by atoms with Gasteiger partial charge in [-0.3, -0.25) is 0 Å². The molecule has 0 radical (unpaired) electrons. The summed E-state index contributed by atoms with van der Waals surface area (Å²) in [6.45, 7) is 2.93. The number of rotatable bonds is 6. The first kappa shape index (κ1) is 14.4. The van der Waals surface area contributed by atoms with E-state index in [-0.39, 0.29) is 0 Å². The lowest BCUT2D eigenvalue weighted by molar-refractivity contribution is 0.309. The highest BCUT2D eigenvalue weighted by atomic mass is 16.5. The van der Waals surface area contributed by atoms with Crippen LogP contribution in [-0.4, -0.2) is 23.1 Å². The molecule has 0 bridgehead atoms. The number of hydrogen-bond donors (Lipinski definition) is 0. The molecule has 0 atom stereocenters. The maximum atomic E-state index is 5.68. The van der Waals surface area contributed by atoms with Crippen molar-refractivity contribution in [3.8, 4) is 22.8 Å². The molecule has 0 saturated carbocycles. The van der Waals surface area contributed by atoms with Gasteiger partial charge in [0, 0.05) is 11.8 Å². The van der Waals surface area contributed by atoms with E-state index in [1.165, 1.54) is 0 Å². The second kappa shape index (κ2) is 6.52. The number of benzene rings is 1. The summed E-state index contributed by atoms with van der Waals surface area (Å²) in [4.78, 5) is 4.63. The summed E-state index contributed by atoms with van der Waals surface area (Å²) in [6.07, 6.45) is 6.15. The Morgan fingerprint density at radius 2 is 1.77 bits per heavy atom. The minimum absolute atomic E-state index is 0.768.